The molecule has 1 aromatic rings. The number of nitrogens with one attached hydrogen (secondary N) is 2. The molecule has 0 unspecified atom stereocenters. The zero-order chi connectivity index (χ0) is 14.8. The molecule has 0 radical (unpaired) electrons. The Kier molecular flexibility index (Phi) is 4.03. The fourth-order valence-corrected chi connectivity index (χ4v) is 2.52. The number of methoxy groups -OCH3 is 1. The third kappa shape index (κ3) is 3.30. The Balaban J connectivity index is 1.74. The quantitative estimate of drug-likeness (QED) is 0.826. The molecule has 2 atom stereocenters. The van der Waals surface area contributed by atoms with Gasteiger partial charge in [0.25, 0.3) is 11.5 Å². The molecule has 2 N–H and O–H groups in total. The summed E-state index contributed by atoms with van der Waals surface area (Å²) in [5, 5.41) is 2.85. The van der Waals surface area contributed by atoms with Gasteiger partial charge in [-0.25, -0.2) is 4.98 Å². The van der Waals surface area contributed by atoms with Crippen molar-refractivity contribution in [2.75, 3.05) is 20.3 Å². The molecule has 114 valence electrons. The number of hydrogen-bond acceptors (Lipinski definition) is 5. The predicted molar refractivity (Wildman–Crippen MR) is 74.3 cm³/mol. The average Bonchev–Trinajstić information content (AvgIpc) is 3.32. The molecule has 1 aromatic heterocycles. The van der Waals surface area contributed by atoms with Crippen LogP contribution in [-0.2, 0) is 9.47 Å². The van der Waals surface area contributed by atoms with Crippen molar-refractivity contribution in [2.45, 2.75) is 37.3 Å². The monoisotopic (exact) mass is 293 g/mol. The summed E-state index contributed by atoms with van der Waals surface area (Å²) in [6.07, 6.45) is 2.68. The van der Waals surface area contributed by atoms with Crippen LogP contribution in [0.1, 0.15) is 41.5 Å². The van der Waals surface area contributed by atoms with Gasteiger partial charge in [0.2, 0.25) is 0 Å². The van der Waals surface area contributed by atoms with Gasteiger partial charge in [0.15, 0.2) is 0 Å². The minimum atomic E-state index is -0.361. The van der Waals surface area contributed by atoms with Gasteiger partial charge in [-0.05, 0) is 19.3 Å². The molecule has 1 aliphatic carbocycles. The molecule has 2 heterocycles. The Labute approximate surface area is 122 Å². The molecule has 2 aliphatic rings. The van der Waals surface area contributed by atoms with Gasteiger partial charge in [-0.2, -0.15) is 0 Å². The molecule has 7 heteroatoms. The number of nitrogens with zero attached hydrogens (tertiary/aromatic N) is 1. The van der Waals surface area contributed by atoms with Crippen molar-refractivity contribution >= 4 is 5.91 Å². The van der Waals surface area contributed by atoms with Crippen LogP contribution >= 0.6 is 0 Å². The summed E-state index contributed by atoms with van der Waals surface area (Å²) in [6.45, 7) is 1.03. The third-order valence-electron chi connectivity index (χ3n) is 3.87. The molecule has 7 nitrogen and oxygen atoms in total. The van der Waals surface area contributed by atoms with E-state index in [0.29, 0.717) is 19.0 Å². The van der Waals surface area contributed by atoms with Gasteiger partial charge in [-0.1, -0.05) is 0 Å². The highest BCUT2D eigenvalue weighted by Crippen LogP contribution is 2.37. The van der Waals surface area contributed by atoms with Gasteiger partial charge in [0.05, 0.1) is 18.8 Å². The third-order valence-corrected chi connectivity index (χ3v) is 3.87. The van der Waals surface area contributed by atoms with Crippen molar-refractivity contribution in [3.05, 3.63) is 27.9 Å². The van der Waals surface area contributed by atoms with E-state index in [1.165, 1.54) is 6.07 Å². The highest BCUT2D eigenvalue weighted by atomic mass is 16.5. The summed E-state index contributed by atoms with van der Waals surface area (Å²) in [4.78, 5) is 30.9. The number of aromatic nitrogens is 2. The van der Waals surface area contributed by atoms with Crippen molar-refractivity contribution in [1.82, 2.24) is 15.3 Å². The molecule has 2 fully saturated rings. The molecule has 0 spiro atoms. The van der Waals surface area contributed by atoms with Gasteiger partial charge < -0.3 is 19.8 Å². The Morgan fingerprint density at radius 1 is 1.48 bits per heavy atom. The number of H-pyrrole nitrogens is 1. The standard InChI is InChI=1S/C14H19N3O4/c1-20-11-4-5-21-7-10(11)16-14(19)9-6-12(18)17-13(15-9)8-2-3-8/h6,8,10-11H,2-5,7H2,1H3,(H,16,19)(H,15,17,18)/t10-,11-/m1/s1. The summed E-state index contributed by atoms with van der Waals surface area (Å²) in [5.74, 6) is 0.534. The molecule has 0 aromatic carbocycles. The van der Waals surface area contributed by atoms with E-state index in [0.717, 1.165) is 19.3 Å². The van der Waals surface area contributed by atoms with E-state index in [1.807, 2.05) is 0 Å². The normalized spacial score (nSPS) is 25.6. The molecule has 1 amide bonds. The van der Waals surface area contributed by atoms with Gasteiger partial charge in [0, 0.05) is 25.7 Å². The first-order chi connectivity index (χ1) is 10.2. The molecule has 3 rings (SSSR count). The summed E-state index contributed by atoms with van der Waals surface area (Å²) in [7, 11) is 1.62. The molecular weight excluding hydrogens is 274 g/mol. The van der Waals surface area contributed by atoms with E-state index < -0.39 is 0 Å². The molecule has 21 heavy (non-hydrogen) atoms. The first kappa shape index (κ1) is 14.2. The van der Waals surface area contributed by atoms with Crippen LogP contribution in [0.15, 0.2) is 10.9 Å². The van der Waals surface area contributed by atoms with Crippen LogP contribution in [0.5, 0.6) is 0 Å². The topological polar surface area (TPSA) is 93.3 Å². The number of carbonyl (C=O) groups is 1. The summed E-state index contributed by atoms with van der Waals surface area (Å²) in [6, 6.07) is 1.01. The maximum Gasteiger partial charge on any atom is 0.270 e. The van der Waals surface area contributed by atoms with Crippen molar-refractivity contribution in [1.29, 1.82) is 0 Å². The minimum absolute atomic E-state index is 0.0763. The van der Waals surface area contributed by atoms with Crippen LogP contribution in [0.4, 0.5) is 0 Å². The van der Waals surface area contributed by atoms with Crippen LogP contribution < -0.4 is 10.9 Å². The lowest BCUT2D eigenvalue weighted by Crippen LogP contribution is -2.50. The first-order valence-corrected chi connectivity index (χ1v) is 7.20. The number of aromatic amines is 1. The number of hydrogen-bond donors (Lipinski definition) is 2. The molecule has 1 saturated heterocycles. The van der Waals surface area contributed by atoms with Crippen molar-refractivity contribution in [2.24, 2.45) is 0 Å². The highest BCUT2D eigenvalue weighted by molar-refractivity contribution is 5.92. The van der Waals surface area contributed by atoms with Crippen LogP contribution in [0.2, 0.25) is 0 Å². The smallest absolute Gasteiger partial charge is 0.270 e. The van der Waals surface area contributed by atoms with Crippen LogP contribution in [0, 0.1) is 0 Å². The summed E-state index contributed by atoms with van der Waals surface area (Å²) < 4.78 is 10.7. The Morgan fingerprint density at radius 3 is 3.00 bits per heavy atom. The van der Waals surface area contributed by atoms with Gasteiger partial charge in [-0.3, -0.25) is 9.59 Å². The lowest BCUT2D eigenvalue weighted by Gasteiger charge is -2.30. The number of amides is 1. The van der Waals surface area contributed by atoms with Crippen molar-refractivity contribution < 1.29 is 14.3 Å². The zero-order valence-corrected chi connectivity index (χ0v) is 11.9. The van der Waals surface area contributed by atoms with E-state index in [2.05, 4.69) is 15.3 Å². The van der Waals surface area contributed by atoms with Gasteiger partial charge in [0.1, 0.15) is 11.5 Å². The number of rotatable bonds is 4. The second-order valence-corrected chi connectivity index (χ2v) is 5.51. The number of ether oxygens (including phenoxy) is 2. The Morgan fingerprint density at radius 2 is 2.29 bits per heavy atom. The van der Waals surface area contributed by atoms with E-state index in [4.69, 9.17) is 9.47 Å². The molecule has 1 saturated carbocycles. The molecular formula is C14H19N3O4. The second-order valence-electron chi connectivity index (χ2n) is 5.51. The number of carbonyl (C=O) groups excluding carboxylic acids is 1. The van der Waals surface area contributed by atoms with Crippen molar-refractivity contribution in [3.8, 4) is 0 Å². The van der Waals surface area contributed by atoms with Gasteiger partial charge in [-0.15, -0.1) is 0 Å². The minimum Gasteiger partial charge on any atom is -0.379 e. The van der Waals surface area contributed by atoms with Gasteiger partial charge >= 0.3 is 0 Å². The van der Waals surface area contributed by atoms with E-state index in [9.17, 15) is 9.59 Å². The lowest BCUT2D eigenvalue weighted by atomic mass is 10.1. The SMILES string of the molecule is CO[C@@H]1CCOC[C@H]1NC(=O)c1cc(=O)[nH]c(C2CC2)n1. The fourth-order valence-electron chi connectivity index (χ4n) is 2.52. The fraction of sp³-hybridized carbons (Fsp3) is 0.643. The van der Waals surface area contributed by atoms with E-state index in [-0.39, 0.29) is 35.2 Å². The van der Waals surface area contributed by atoms with Crippen LogP contribution in [-0.4, -0.2) is 48.3 Å². The molecule has 0 bridgehead atoms. The van der Waals surface area contributed by atoms with Crippen LogP contribution in [0.3, 0.4) is 0 Å². The predicted octanol–water partition coefficient (Wildman–Crippen LogP) is 0.181. The summed E-state index contributed by atoms with van der Waals surface area (Å²) in [5.41, 5.74) is -0.138. The largest absolute Gasteiger partial charge is 0.379 e. The van der Waals surface area contributed by atoms with E-state index >= 15 is 0 Å². The average molecular weight is 293 g/mol. The highest BCUT2D eigenvalue weighted by Gasteiger charge is 2.30. The maximum absolute atomic E-state index is 12.3. The lowest BCUT2D eigenvalue weighted by molar-refractivity contribution is -0.0349. The van der Waals surface area contributed by atoms with Crippen molar-refractivity contribution in [3.63, 3.8) is 0 Å². The Bertz CT molecular complexity index is 582. The van der Waals surface area contributed by atoms with E-state index in [1.54, 1.807) is 7.11 Å². The Hall–Kier alpha value is -1.73. The first-order valence-electron chi connectivity index (χ1n) is 7.20. The van der Waals surface area contributed by atoms with Crippen LogP contribution in [0.25, 0.3) is 0 Å². The molecule has 1 aliphatic heterocycles. The summed E-state index contributed by atoms with van der Waals surface area (Å²) >= 11 is 0. The zero-order valence-electron chi connectivity index (χ0n) is 11.9. The maximum atomic E-state index is 12.3. The second kappa shape index (κ2) is 5.95.